The molecule has 148 valence electrons. The van der Waals surface area contributed by atoms with Gasteiger partial charge in [0.2, 0.25) is 0 Å². The van der Waals surface area contributed by atoms with Crippen LogP contribution in [0.25, 0.3) is 11.4 Å². The van der Waals surface area contributed by atoms with Gasteiger partial charge in [-0.2, -0.15) is 5.10 Å². The molecule has 0 saturated carbocycles. The van der Waals surface area contributed by atoms with Crippen LogP contribution in [0.5, 0.6) is 0 Å². The Morgan fingerprint density at radius 3 is 2.17 bits per heavy atom. The standard InChI is InChI=1S/C22H18N6O2/c1-14-24-20(28-27-14)15-7-9-17(10-8-15)21(29)25-18-11-12-19(23-13-18)26-22(30)16-5-3-2-4-6-16/h2-13H,1H3,(H,25,29)(H,23,26,30)(H,24,27,28). The molecule has 0 fully saturated rings. The smallest absolute Gasteiger partial charge is 0.256 e. The molecule has 0 radical (unpaired) electrons. The summed E-state index contributed by atoms with van der Waals surface area (Å²) in [6.07, 6.45) is 1.49. The Labute approximate surface area is 172 Å². The van der Waals surface area contributed by atoms with E-state index in [2.05, 4.69) is 30.8 Å². The van der Waals surface area contributed by atoms with Crippen LogP contribution in [0.4, 0.5) is 11.5 Å². The number of aryl methyl sites for hydroxylation is 1. The first-order valence-corrected chi connectivity index (χ1v) is 9.22. The minimum Gasteiger partial charge on any atom is -0.321 e. The number of benzene rings is 2. The fourth-order valence-corrected chi connectivity index (χ4v) is 2.77. The van der Waals surface area contributed by atoms with Gasteiger partial charge in [-0.1, -0.05) is 30.3 Å². The lowest BCUT2D eigenvalue weighted by Gasteiger charge is -2.08. The quantitative estimate of drug-likeness (QED) is 0.475. The van der Waals surface area contributed by atoms with Gasteiger partial charge in [-0.15, -0.1) is 0 Å². The number of rotatable bonds is 5. The van der Waals surface area contributed by atoms with E-state index in [0.717, 1.165) is 11.4 Å². The molecule has 0 spiro atoms. The van der Waals surface area contributed by atoms with Gasteiger partial charge in [0.1, 0.15) is 11.6 Å². The Kier molecular flexibility index (Phi) is 5.29. The van der Waals surface area contributed by atoms with E-state index in [1.807, 2.05) is 13.0 Å². The molecule has 0 unspecified atom stereocenters. The summed E-state index contributed by atoms with van der Waals surface area (Å²) < 4.78 is 0. The number of nitrogens with zero attached hydrogens (tertiary/aromatic N) is 3. The van der Waals surface area contributed by atoms with Crippen LogP contribution < -0.4 is 10.6 Å². The maximum atomic E-state index is 12.5. The molecule has 2 aromatic heterocycles. The van der Waals surface area contributed by atoms with Crippen molar-refractivity contribution in [2.24, 2.45) is 0 Å². The normalized spacial score (nSPS) is 10.4. The van der Waals surface area contributed by atoms with Crippen molar-refractivity contribution >= 4 is 23.3 Å². The van der Waals surface area contributed by atoms with E-state index in [1.54, 1.807) is 60.7 Å². The number of amides is 2. The SMILES string of the molecule is Cc1nc(-c2ccc(C(=O)Nc3ccc(NC(=O)c4ccccc4)nc3)cc2)n[nH]1. The van der Waals surface area contributed by atoms with Crippen LogP contribution >= 0.6 is 0 Å². The van der Waals surface area contributed by atoms with E-state index in [-0.39, 0.29) is 11.8 Å². The Morgan fingerprint density at radius 1 is 0.833 bits per heavy atom. The number of H-pyrrole nitrogens is 1. The van der Waals surface area contributed by atoms with Gasteiger partial charge >= 0.3 is 0 Å². The second-order valence-corrected chi connectivity index (χ2v) is 6.53. The minimum atomic E-state index is -0.268. The van der Waals surface area contributed by atoms with E-state index < -0.39 is 0 Å². The molecule has 2 aromatic carbocycles. The molecule has 8 nitrogen and oxygen atoms in total. The van der Waals surface area contributed by atoms with Gasteiger partial charge in [-0.3, -0.25) is 14.7 Å². The summed E-state index contributed by atoms with van der Waals surface area (Å²) in [4.78, 5) is 33.1. The Hall–Kier alpha value is -4.33. The van der Waals surface area contributed by atoms with Crippen LogP contribution in [0.1, 0.15) is 26.5 Å². The zero-order valence-corrected chi connectivity index (χ0v) is 16.1. The number of hydrogen-bond donors (Lipinski definition) is 3. The number of aromatic nitrogens is 4. The number of anilines is 2. The van der Waals surface area contributed by atoms with Crippen molar-refractivity contribution in [2.45, 2.75) is 6.92 Å². The minimum absolute atomic E-state index is 0.249. The largest absolute Gasteiger partial charge is 0.321 e. The van der Waals surface area contributed by atoms with E-state index in [1.165, 1.54) is 6.20 Å². The lowest BCUT2D eigenvalue weighted by molar-refractivity contribution is 0.101. The van der Waals surface area contributed by atoms with Crippen molar-refractivity contribution < 1.29 is 9.59 Å². The lowest BCUT2D eigenvalue weighted by atomic mass is 10.1. The van der Waals surface area contributed by atoms with Crippen LogP contribution in [0.15, 0.2) is 72.9 Å². The molecule has 8 heteroatoms. The third-order valence-corrected chi connectivity index (χ3v) is 4.30. The highest BCUT2D eigenvalue weighted by atomic mass is 16.2. The van der Waals surface area contributed by atoms with E-state index in [0.29, 0.717) is 28.5 Å². The average molecular weight is 398 g/mol. The molecule has 0 aliphatic carbocycles. The summed E-state index contributed by atoms with van der Waals surface area (Å²) in [7, 11) is 0. The zero-order chi connectivity index (χ0) is 20.9. The highest BCUT2D eigenvalue weighted by Gasteiger charge is 2.10. The van der Waals surface area contributed by atoms with Crippen molar-refractivity contribution in [3.8, 4) is 11.4 Å². The van der Waals surface area contributed by atoms with Crippen molar-refractivity contribution in [2.75, 3.05) is 10.6 Å². The average Bonchev–Trinajstić information content (AvgIpc) is 3.22. The van der Waals surface area contributed by atoms with Crippen LogP contribution in [0, 0.1) is 6.92 Å². The first kappa shape index (κ1) is 19.0. The molecular weight excluding hydrogens is 380 g/mol. The number of carbonyl (C=O) groups excluding carboxylic acids is 2. The molecule has 0 aliphatic rings. The van der Waals surface area contributed by atoms with Crippen LogP contribution in [-0.2, 0) is 0 Å². The Bertz CT molecular complexity index is 1170. The van der Waals surface area contributed by atoms with Gasteiger partial charge in [0.05, 0.1) is 11.9 Å². The van der Waals surface area contributed by atoms with Gasteiger partial charge in [0.15, 0.2) is 5.82 Å². The summed E-state index contributed by atoms with van der Waals surface area (Å²) in [6, 6.07) is 19.2. The van der Waals surface area contributed by atoms with E-state index in [9.17, 15) is 9.59 Å². The van der Waals surface area contributed by atoms with E-state index in [4.69, 9.17) is 0 Å². The second kappa shape index (κ2) is 8.36. The van der Waals surface area contributed by atoms with Crippen molar-refractivity contribution in [1.29, 1.82) is 0 Å². The predicted octanol–water partition coefficient (Wildman–Crippen LogP) is 3.68. The summed E-state index contributed by atoms with van der Waals surface area (Å²) >= 11 is 0. The molecule has 3 N–H and O–H groups in total. The summed E-state index contributed by atoms with van der Waals surface area (Å²) in [5.41, 5.74) is 2.37. The molecule has 2 heterocycles. The fourth-order valence-electron chi connectivity index (χ4n) is 2.77. The topological polar surface area (TPSA) is 113 Å². The highest BCUT2D eigenvalue weighted by molar-refractivity contribution is 6.05. The predicted molar refractivity (Wildman–Crippen MR) is 113 cm³/mol. The van der Waals surface area contributed by atoms with Crippen molar-refractivity contribution in [3.63, 3.8) is 0 Å². The lowest BCUT2D eigenvalue weighted by Crippen LogP contribution is -2.14. The van der Waals surface area contributed by atoms with Crippen LogP contribution in [0.3, 0.4) is 0 Å². The molecule has 2 amide bonds. The Morgan fingerprint density at radius 2 is 1.53 bits per heavy atom. The molecule has 0 bridgehead atoms. The number of hydrogen-bond acceptors (Lipinski definition) is 5. The second-order valence-electron chi connectivity index (χ2n) is 6.53. The summed E-state index contributed by atoms with van der Waals surface area (Å²) in [5.74, 6) is 1.18. The molecular formula is C22H18N6O2. The third kappa shape index (κ3) is 4.39. The maximum Gasteiger partial charge on any atom is 0.256 e. The maximum absolute atomic E-state index is 12.5. The van der Waals surface area contributed by atoms with E-state index >= 15 is 0 Å². The monoisotopic (exact) mass is 398 g/mol. The molecule has 0 atom stereocenters. The van der Waals surface area contributed by atoms with Gasteiger partial charge in [0.25, 0.3) is 11.8 Å². The van der Waals surface area contributed by atoms with Crippen molar-refractivity contribution in [1.82, 2.24) is 20.2 Å². The van der Waals surface area contributed by atoms with Gasteiger partial charge in [0, 0.05) is 16.7 Å². The number of carbonyl (C=O) groups is 2. The van der Waals surface area contributed by atoms with Gasteiger partial charge < -0.3 is 10.6 Å². The molecule has 0 saturated heterocycles. The van der Waals surface area contributed by atoms with Crippen LogP contribution in [0.2, 0.25) is 0 Å². The van der Waals surface area contributed by atoms with Crippen molar-refractivity contribution in [3.05, 3.63) is 89.9 Å². The fraction of sp³-hybridized carbons (Fsp3) is 0.0455. The third-order valence-electron chi connectivity index (χ3n) is 4.30. The van der Waals surface area contributed by atoms with Gasteiger partial charge in [-0.25, -0.2) is 9.97 Å². The summed E-state index contributed by atoms with van der Waals surface area (Å²) in [6.45, 7) is 1.82. The number of aromatic amines is 1. The first-order chi connectivity index (χ1) is 14.6. The zero-order valence-electron chi connectivity index (χ0n) is 16.1. The molecule has 4 aromatic rings. The van der Waals surface area contributed by atoms with Crippen LogP contribution in [-0.4, -0.2) is 32.0 Å². The summed E-state index contributed by atoms with van der Waals surface area (Å²) in [5, 5.41) is 12.4. The molecule has 0 aliphatic heterocycles. The molecule has 30 heavy (non-hydrogen) atoms. The number of pyridine rings is 1. The Balaban J connectivity index is 1.38. The first-order valence-electron chi connectivity index (χ1n) is 9.22. The number of nitrogens with one attached hydrogen (secondary N) is 3. The van der Waals surface area contributed by atoms with Gasteiger partial charge in [-0.05, 0) is 43.3 Å². The highest BCUT2D eigenvalue weighted by Crippen LogP contribution is 2.17. The molecule has 4 rings (SSSR count).